The predicted molar refractivity (Wildman–Crippen MR) is 103 cm³/mol. The summed E-state index contributed by atoms with van der Waals surface area (Å²) in [7, 11) is 0. The van der Waals surface area contributed by atoms with Gasteiger partial charge < -0.3 is 5.32 Å². The second kappa shape index (κ2) is 7.03. The van der Waals surface area contributed by atoms with Crippen molar-refractivity contribution in [1.82, 2.24) is 20.4 Å². The number of nitrogens with one attached hydrogen (secondary N) is 2. The molecule has 3 atom stereocenters. The molecule has 4 amide bonds. The van der Waals surface area contributed by atoms with Gasteiger partial charge in [-0.3, -0.25) is 34.3 Å². The van der Waals surface area contributed by atoms with E-state index in [0.29, 0.717) is 17.2 Å². The highest BCUT2D eigenvalue weighted by Crippen LogP contribution is 2.30. The van der Waals surface area contributed by atoms with Crippen LogP contribution in [0.2, 0.25) is 0 Å². The zero-order chi connectivity index (χ0) is 20.1. The van der Waals surface area contributed by atoms with Crippen LogP contribution in [-0.2, 0) is 16.1 Å². The van der Waals surface area contributed by atoms with Gasteiger partial charge in [-0.15, -0.1) is 0 Å². The van der Waals surface area contributed by atoms with Gasteiger partial charge in [-0.1, -0.05) is 6.07 Å². The van der Waals surface area contributed by atoms with Gasteiger partial charge in [0.05, 0.1) is 11.1 Å². The summed E-state index contributed by atoms with van der Waals surface area (Å²) in [5, 5.41) is 5.79. The van der Waals surface area contributed by atoms with Gasteiger partial charge >= 0.3 is 0 Å². The average molecular weight is 396 g/mol. The minimum Gasteiger partial charge on any atom is -0.312 e. The summed E-state index contributed by atoms with van der Waals surface area (Å²) in [5.74, 6) is -1.08. The number of carbonyl (C=O) groups excluding carboxylic acids is 4. The molecule has 152 valence electrons. The van der Waals surface area contributed by atoms with Gasteiger partial charge in [0.25, 0.3) is 11.8 Å². The summed E-state index contributed by atoms with van der Waals surface area (Å²) in [4.78, 5) is 52.7. The van der Waals surface area contributed by atoms with Crippen LogP contribution in [0, 0.1) is 5.92 Å². The lowest BCUT2D eigenvalue weighted by atomic mass is 9.92. The standard InChI is InChI=1S/C21H24N4O4/c26-18-4-3-17(19(27)23-18)25-20(28)14-2-1-12(9-15(14)21(25)29)10-24-8-6-13-5-7-22-16(13)11-24/h1-2,9,13,16-17,22H,3-8,10-11H2,(H,23,26,27). The maximum absolute atomic E-state index is 12.9. The normalized spacial score (nSPS) is 29.8. The molecule has 0 aromatic heterocycles. The highest BCUT2D eigenvalue weighted by atomic mass is 16.2. The third-order valence-electron chi connectivity index (χ3n) is 6.67. The third kappa shape index (κ3) is 3.16. The summed E-state index contributed by atoms with van der Waals surface area (Å²) >= 11 is 0. The van der Waals surface area contributed by atoms with Crippen LogP contribution in [-0.4, -0.2) is 65.1 Å². The predicted octanol–water partition coefficient (Wildman–Crippen LogP) is 0.272. The first-order chi connectivity index (χ1) is 14.0. The molecule has 3 saturated heterocycles. The lowest BCUT2D eigenvalue weighted by Gasteiger charge is -2.34. The highest BCUT2D eigenvalue weighted by molar-refractivity contribution is 6.23. The number of imide groups is 2. The molecule has 29 heavy (non-hydrogen) atoms. The summed E-state index contributed by atoms with van der Waals surface area (Å²) in [6.07, 6.45) is 2.74. The van der Waals surface area contributed by atoms with E-state index in [9.17, 15) is 19.2 Å². The van der Waals surface area contributed by atoms with Crippen LogP contribution >= 0.6 is 0 Å². The van der Waals surface area contributed by atoms with Crippen LogP contribution in [0.4, 0.5) is 0 Å². The van der Waals surface area contributed by atoms with Crippen molar-refractivity contribution in [3.8, 4) is 0 Å². The van der Waals surface area contributed by atoms with Crippen molar-refractivity contribution < 1.29 is 19.2 Å². The third-order valence-corrected chi connectivity index (χ3v) is 6.67. The Morgan fingerprint density at radius 2 is 1.83 bits per heavy atom. The first-order valence-corrected chi connectivity index (χ1v) is 10.3. The summed E-state index contributed by atoms with van der Waals surface area (Å²) in [6.45, 7) is 3.86. The van der Waals surface area contributed by atoms with Crippen LogP contribution in [0.3, 0.4) is 0 Å². The molecule has 5 rings (SSSR count). The Bertz CT molecular complexity index is 914. The number of carbonyl (C=O) groups is 4. The van der Waals surface area contributed by atoms with E-state index < -0.39 is 23.8 Å². The van der Waals surface area contributed by atoms with Crippen LogP contribution in [0.15, 0.2) is 18.2 Å². The Balaban J connectivity index is 1.33. The fourth-order valence-electron chi connectivity index (χ4n) is 5.12. The van der Waals surface area contributed by atoms with Crippen molar-refractivity contribution in [2.45, 2.75) is 44.3 Å². The van der Waals surface area contributed by atoms with Crippen molar-refractivity contribution >= 4 is 23.6 Å². The minimum absolute atomic E-state index is 0.125. The van der Waals surface area contributed by atoms with E-state index in [-0.39, 0.29) is 18.7 Å². The van der Waals surface area contributed by atoms with Crippen molar-refractivity contribution in [3.63, 3.8) is 0 Å². The van der Waals surface area contributed by atoms with E-state index >= 15 is 0 Å². The molecule has 3 fully saturated rings. The zero-order valence-electron chi connectivity index (χ0n) is 16.1. The number of rotatable bonds is 3. The van der Waals surface area contributed by atoms with Crippen LogP contribution in [0.25, 0.3) is 0 Å². The first kappa shape index (κ1) is 18.4. The topological polar surface area (TPSA) is 98.8 Å². The number of benzene rings is 1. The van der Waals surface area contributed by atoms with Crippen LogP contribution in [0.5, 0.6) is 0 Å². The van der Waals surface area contributed by atoms with Crippen LogP contribution in [0.1, 0.15) is 52.0 Å². The lowest BCUT2D eigenvalue weighted by Crippen LogP contribution is -2.54. The van der Waals surface area contributed by atoms with Gasteiger partial charge in [0.2, 0.25) is 11.8 Å². The van der Waals surface area contributed by atoms with E-state index in [1.165, 1.54) is 12.8 Å². The number of hydrogen-bond acceptors (Lipinski definition) is 6. The van der Waals surface area contributed by atoms with Gasteiger partial charge in [-0.25, -0.2) is 0 Å². The van der Waals surface area contributed by atoms with E-state index in [2.05, 4.69) is 15.5 Å². The lowest BCUT2D eigenvalue weighted by molar-refractivity contribution is -0.136. The maximum atomic E-state index is 12.9. The summed E-state index contributed by atoms with van der Waals surface area (Å²) in [5.41, 5.74) is 1.68. The number of piperidine rings is 2. The average Bonchev–Trinajstić information content (AvgIpc) is 3.25. The Labute approximate surface area is 168 Å². The second-order valence-electron chi connectivity index (χ2n) is 8.46. The van der Waals surface area contributed by atoms with Gasteiger partial charge in [-0.05, 0) is 56.0 Å². The molecule has 8 nitrogen and oxygen atoms in total. The molecule has 4 aliphatic heterocycles. The maximum Gasteiger partial charge on any atom is 0.262 e. The number of fused-ring (bicyclic) bond motifs is 2. The second-order valence-corrected chi connectivity index (χ2v) is 8.46. The van der Waals surface area contributed by atoms with E-state index in [4.69, 9.17) is 0 Å². The Hall–Kier alpha value is -2.58. The number of likely N-dealkylation sites (tertiary alicyclic amines) is 1. The van der Waals surface area contributed by atoms with Gasteiger partial charge in [-0.2, -0.15) is 0 Å². The van der Waals surface area contributed by atoms with Crippen molar-refractivity contribution in [1.29, 1.82) is 0 Å². The number of nitrogens with zero attached hydrogens (tertiary/aromatic N) is 2. The molecular formula is C21H24N4O4. The van der Waals surface area contributed by atoms with Crippen molar-refractivity contribution in [2.75, 3.05) is 19.6 Å². The minimum atomic E-state index is -0.920. The molecule has 0 radical (unpaired) electrons. The molecule has 4 aliphatic rings. The molecule has 0 aliphatic carbocycles. The van der Waals surface area contributed by atoms with E-state index in [1.54, 1.807) is 12.1 Å². The molecule has 2 N–H and O–H groups in total. The van der Waals surface area contributed by atoms with Gasteiger partial charge in [0.15, 0.2) is 0 Å². The van der Waals surface area contributed by atoms with Crippen molar-refractivity contribution in [3.05, 3.63) is 34.9 Å². The smallest absolute Gasteiger partial charge is 0.262 e. The Morgan fingerprint density at radius 3 is 2.66 bits per heavy atom. The van der Waals surface area contributed by atoms with E-state index in [0.717, 1.165) is 42.6 Å². The largest absolute Gasteiger partial charge is 0.312 e. The Morgan fingerprint density at radius 1 is 1.00 bits per heavy atom. The molecule has 1 aromatic carbocycles. The monoisotopic (exact) mass is 396 g/mol. The molecule has 4 heterocycles. The summed E-state index contributed by atoms with van der Waals surface area (Å²) < 4.78 is 0. The molecule has 1 aromatic rings. The molecule has 0 saturated carbocycles. The van der Waals surface area contributed by atoms with Gasteiger partial charge in [0.1, 0.15) is 6.04 Å². The molecule has 3 unspecified atom stereocenters. The fraction of sp³-hybridized carbons (Fsp3) is 0.524. The first-order valence-electron chi connectivity index (χ1n) is 10.3. The summed E-state index contributed by atoms with van der Waals surface area (Å²) in [6, 6.07) is 5.00. The molecule has 0 bridgehead atoms. The van der Waals surface area contributed by atoms with E-state index in [1.807, 2.05) is 6.07 Å². The molecule has 8 heteroatoms. The van der Waals surface area contributed by atoms with Gasteiger partial charge in [0, 0.05) is 25.6 Å². The van der Waals surface area contributed by atoms with Crippen molar-refractivity contribution in [2.24, 2.45) is 5.92 Å². The molecular weight excluding hydrogens is 372 g/mol. The number of hydrogen-bond donors (Lipinski definition) is 2. The zero-order valence-corrected chi connectivity index (χ0v) is 16.1. The SMILES string of the molecule is O=C1CCC(N2C(=O)c3ccc(CN4CCC5CCNC5C4)cc3C2=O)C(=O)N1. The fourth-order valence-corrected chi connectivity index (χ4v) is 5.12. The molecule has 0 spiro atoms. The quantitative estimate of drug-likeness (QED) is 0.712. The highest BCUT2D eigenvalue weighted by Gasteiger charge is 2.44. The van der Waals surface area contributed by atoms with Crippen LogP contribution < -0.4 is 10.6 Å². The number of amides is 4. The Kier molecular flexibility index (Phi) is 4.48.